The highest BCUT2D eigenvalue weighted by atomic mass is 16.5. The van der Waals surface area contributed by atoms with Crippen LogP contribution < -0.4 is 11.2 Å². The van der Waals surface area contributed by atoms with Gasteiger partial charge in [-0.1, -0.05) is 5.16 Å². The first-order valence-corrected chi connectivity index (χ1v) is 5.36. The number of ether oxygens (including phenoxy) is 1. The molecule has 0 radical (unpaired) electrons. The summed E-state index contributed by atoms with van der Waals surface area (Å²) in [5.74, 6) is 0. The highest BCUT2D eigenvalue weighted by Gasteiger charge is 2.33. The molecular weight excluding hydrogens is 242 g/mol. The van der Waals surface area contributed by atoms with Crippen molar-refractivity contribution >= 4 is 5.71 Å². The second kappa shape index (κ2) is 4.75. The van der Waals surface area contributed by atoms with Crippen molar-refractivity contribution in [2.75, 3.05) is 6.61 Å². The van der Waals surface area contributed by atoms with Crippen molar-refractivity contribution in [1.82, 2.24) is 9.55 Å². The fraction of sp³-hybridized carbons (Fsp3) is 0.500. The molecule has 1 aromatic rings. The third kappa shape index (κ3) is 2.07. The maximum Gasteiger partial charge on any atom is 0.330 e. The van der Waals surface area contributed by atoms with Gasteiger partial charge in [-0.15, -0.1) is 0 Å². The molecule has 18 heavy (non-hydrogen) atoms. The first-order valence-electron chi connectivity index (χ1n) is 5.36. The Hall–Kier alpha value is -1.93. The van der Waals surface area contributed by atoms with E-state index in [1.807, 2.05) is 0 Å². The number of nitrogens with one attached hydrogen (secondary N) is 1. The lowest BCUT2D eigenvalue weighted by molar-refractivity contribution is -0.0153. The molecule has 0 aliphatic carbocycles. The minimum Gasteiger partial charge on any atom is -0.411 e. The van der Waals surface area contributed by atoms with Gasteiger partial charge in [0.15, 0.2) is 0 Å². The van der Waals surface area contributed by atoms with Gasteiger partial charge in [-0.25, -0.2) is 4.79 Å². The van der Waals surface area contributed by atoms with Gasteiger partial charge >= 0.3 is 5.69 Å². The van der Waals surface area contributed by atoms with Crippen LogP contribution in [0.1, 0.15) is 18.2 Å². The molecule has 0 bridgehead atoms. The van der Waals surface area contributed by atoms with Crippen molar-refractivity contribution < 1.29 is 15.1 Å². The molecule has 3 N–H and O–H groups in total. The van der Waals surface area contributed by atoms with Crippen molar-refractivity contribution in [3.8, 4) is 0 Å². The first-order chi connectivity index (χ1) is 8.56. The topological polar surface area (TPSA) is 117 Å². The van der Waals surface area contributed by atoms with Gasteiger partial charge in [0.1, 0.15) is 12.3 Å². The highest BCUT2D eigenvalue weighted by Crippen LogP contribution is 2.24. The van der Waals surface area contributed by atoms with Crippen LogP contribution in [0.25, 0.3) is 0 Å². The Labute approximate surface area is 101 Å². The monoisotopic (exact) mass is 255 g/mol. The summed E-state index contributed by atoms with van der Waals surface area (Å²) in [5.41, 5.74) is -0.429. The Kier molecular flexibility index (Phi) is 3.30. The summed E-state index contributed by atoms with van der Waals surface area (Å²) in [6.45, 7) is 1.22. The molecule has 0 aromatic carbocycles. The normalized spacial score (nSPS) is 25.8. The summed E-state index contributed by atoms with van der Waals surface area (Å²) >= 11 is 0. The first kappa shape index (κ1) is 12.5. The molecule has 2 rings (SSSR count). The van der Waals surface area contributed by atoms with Crippen molar-refractivity contribution in [1.29, 1.82) is 0 Å². The van der Waals surface area contributed by atoms with E-state index >= 15 is 0 Å². The van der Waals surface area contributed by atoms with Crippen LogP contribution in [0, 0.1) is 6.92 Å². The quantitative estimate of drug-likeness (QED) is 0.460. The third-order valence-electron chi connectivity index (χ3n) is 2.83. The Bertz CT molecular complexity index is 588. The predicted octanol–water partition coefficient (Wildman–Crippen LogP) is -1.04. The van der Waals surface area contributed by atoms with Crippen molar-refractivity contribution in [3.63, 3.8) is 0 Å². The van der Waals surface area contributed by atoms with E-state index in [1.165, 1.54) is 10.8 Å². The van der Waals surface area contributed by atoms with Crippen molar-refractivity contribution in [3.05, 3.63) is 32.6 Å². The van der Waals surface area contributed by atoms with Crippen LogP contribution in [0.2, 0.25) is 0 Å². The van der Waals surface area contributed by atoms with Crippen LogP contribution >= 0.6 is 0 Å². The third-order valence-corrected chi connectivity index (χ3v) is 2.83. The molecule has 1 aliphatic heterocycles. The van der Waals surface area contributed by atoms with Gasteiger partial charge in [-0.05, 0) is 6.92 Å². The molecule has 1 saturated heterocycles. The zero-order valence-corrected chi connectivity index (χ0v) is 9.66. The van der Waals surface area contributed by atoms with E-state index in [9.17, 15) is 9.59 Å². The Morgan fingerprint density at radius 3 is 2.89 bits per heavy atom. The molecule has 0 saturated carbocycles. The molecule has 8 nitrogen and oxygen atoms in total. The average molecular weight is 255 g/mol. The second-order valence-electron chi connectivity index (χ2n) is 4.04. The predicted molar refractivity (Wildman–Crippen MR) is 60.9 cm³/mol. The molecule has 2 unspecified atom stereocenters. The number of H-pyrrole nitrogens is 1. The zero-order valence-electron chi connectivity index (χ0n) is 9.66. The van der Waals surface area contributed by atoms with Gasteiger partial charge in [-0.3, -0.25) is 14.3 Å². The minimum absolute atomic E-state index is 0.174. The molecular formula is C10H13N3O5. The number of aromatic nitrogens is 2. The van der Waals surface area contributed by atoms with E-state index < -0.39 is 23.6 Å². The fourth-order valence-electron chi connectivity index (χ4n) is 1.84. The minimum atomic E-state index is -0.737. The van der Waals surface area contributed by atoms with Crippen LogP contribution in [0.3, 0.4) is 0 Å². The van der Waals surface area contributed by atoms with Gasteiger partial charge in [0.25, 0.3) is 5.56 Å². The molecule has 2 atom stereocenters. The van der Waals surface area contributed by atoms with Crippen LogP contribution in [-0.4, -0.2) is 38.3 Å². The number of aryl methyl sites for hydroxylation is 1. The van der Waals surface area contributed by atoms with Gasteiger partial charge in [0.2, 0.25) is 0 Å². The molecule has 1 aliphatic rings. The maximum absolute atomic E-state index is 11.6. The van der Waals surface area contributed by atoms with Gasteiger partial charge in [0, 0.05) is 18.2 Å². The molecule has 1 aromatic heterocycles. The summed E-state index contributed by atoms with van der Waals surface area (Å²) in [7, 11) is 0. The number of rotatable bonds is 2. The summed E-state index contributed by atoms with van der Waals surface area (Å²) in [6.07, 6.45) is 0.114. The fourth-order valence-corrected chi connectivity index (χ4v) is 1.84. The smallest absolute Gasteiger partial charge is 0.330 e. The highest BCUT2D eigenvalue weighted by molar-refractivity contribution is 5.90. The van der Waals surface area contributed by atoms with Crippen molar-refractivity contribution in [2.45, 2.75) is 25.7 Å². The Morgan fingerprint density at radius 2 is 2.33 bits per heavy atom. The Morgan fingerprint density at radius 1 is 1.61 bits per heavy atom. The molecule has 98 valence electrons. The second-order valence-corrected chi connectivity index (χ2v) is 4.04. The van der Waals surface area contributed by atoms with Crippen LogP contribution in [0.4, 0.5) is 0 Å². The van der Waals surface area contributed by atoms with Crippen LogP contribution in [-0.2, 0) is 4.74 Å². The molecule has 0 amide bonds. The summed E-state index contributed by atoms with van der Waals surface area (Å²) in [6, 6.07) is 0. The van der Waals surface area contributed by atoms with E-state index in [1.54, 1.807) is 6.92 Å². The van der Waals surface area contributed by atoms with E-state index in [4.69, 9.17) is 15.1 Å². The summed E-state index contributed by atoms with van der Waals surface area (Å²) < 4.78 is 6.58. The lowest BCUT2D eigenvalue weighted by Crippen LogP contribution is -2.33. The lowest BCUT2D eigenvalue weighted by atomic mass is 10.2. The molecule has 1 fully saturated rings. The van der Waals surface area contributed by atoms with E-state index in [0.29, 0.717) is 5.56 Å². The number of hydrogen-bond donors (Lipinski definition) is 3. The number of nitrogens with zero attached hydrogens (tertiary/aromatic N) is 2. The zero-order chi connectivity index (χ0) is 13.3. The van der Waals surface area contributed by atoms with Crippen LogP contribution in [0.5, 0.6) is 0 Å². The average Bonchev–Trinajstić information content (AvgIpc) is 2.76. The Balaban J connectivity index is 2.38. The molecule has 8 heteroatoms. The van der Waals surface area contributed by atoms with Crippen molar-refractivity contribution in [2.24, 2.45) is 5.16 Å². The van der Waals surface area contributed by atoms with E-state index in [-0.39, 0.29) is 18.7 Å². The summed E-state index contributed by atoms with van der Waals surface area (Å²) in [5, 5.41) is 20.8. The number of aromatic amines is 1. The number of aliphatic hydroxyl groups excluding tert-OH is 1. The number of aliphatic hydroxyl groups is 1. The lowest BCUT2D eigenvalue weighted by Gasteiger charge is -2.14. The summed E-state index contributed by atoms with van der Waals surface area (Å²) in [4.78, 5) is 25.0. The number of hydrogen-bond acceptors (Lipinski definition) is 6. The van der Waals surface area contributed by atoms with Gasteiger partial charge in [0.05, 0.1) is 12.3 Å². The largest absolute Gasteiger partial charge is 0.411 e. The van der Waals surface area contributed by atoms with E-state index in [2.05, 4.69) is 10.1 Å². The van der Waals surface area contributed by atoms with E-state index in [0.717, 1.165) is 0 Å². The maximum atomic E-state index is 11.6. The van der Waals surface area contributed by atoms with Gasteiger partial charge in [-0.2, -0.15) is 0 Å². The van der Waals surface area contributed by atoms with Gasteiger partial charge < -0.3 is 15.1 Å². The molecule has 0 spiro atoms. The SMILES string of the molecule is Cc1cn(C2CC(=NO)C(CO)O2)c(=O)[nH]c1=O. The standard InChI is InChI=1S/C10H13N3O5/c1-5-3-13(10(16)11-9(5)15)8-2-6(12-17)7(4-14)18-8/h3,7-8,14,17H,2,4H2,1H3,(H,11,15,16). The van der Waals surface area contributed by atoms with Crippen LogP contribution in [0.15, 0.2) is 20.9 Å². The molecule has 2 heterocycles. The number of oxime groups is 1.